The number of phosphoric acid groups is 1. The predicted octanol–water partition coefficient (Wildman–Crippen LogP) is 8.94. The number of allylic oxidation sites excluding steroid dienone is 4. The molecular formula is C38H43NO9PS+. The topological polar surface area (TPSA) is 121 Å². The molecule has 50 heavy (non-hydrogen) atoms. The van der Waals surface area contributed by atoms with Gasteiger partial charge in [-0.3, -0.25) is 13.6 Å². The van der Waals surface area contributed by atoms with E-state index in [0.717, 1.165) is 70.0 Å². The lowest BCUT2D eigenvalue weighted by Crippen LogP contribution is -2.27. The zero-order valence-electron chi connectivity index (χ0n) is 29.0. The number of fused-ring (bicyclic) bond motifs is 3. The Bertz CT molecular complexity index is 2070. The van der Waals surface area contributed by atoms with Gasteiger partial charge < -0.3 is 14.0 Å². The minimum absolute atomic E-state index is 0.105. The zero-order chi connectivity index (χ0) is 35.7. The Balaban J connectivity index is 1.19. The van der Waals surface area contributed by atoms with Crippen molar-refractivity contribution in [1.82, 2.24) is 0 Å². The van der Waals surface area contributed by atoms with Gasteiger partial charge in [0, 0.05) is 29.3 Å². The van der Waals surface area contributed by atoms with Crippen molar-refractivity contribution in [2.45, 2.75) is 70.8 Å². The molecule has 0 bridgehead atoms. The number of hydrogen-bond acceptors (Lipinski definition) is 8. The second-order valence-corrected chi connectivity index (χ2v) is 15.7. The van der Waals surface area contributed by atoms with Crippen LogP contribution in [0.3, 0.4) is 0 Å². The molecule has 0 fully saturated rings. The Hall–Kier alpha value is -3.99. The molecule has 2 heterocycles. The highest BCUT2D eigenvalue weighted by Gasteiger charge is 2.44. The maximum atomic E-state index is 12.7. The molecule has 1 aliphatic carbocycles. The summed E-state index contributed by atoms with van der Waals surface area (Å²) < 4.78 is 77.0. The Morgan fingerprint density at radius 2 is 1.66 bits per heavy atom. The molecule has 0 aromatic heterocycles. The average Bonchev–Trinajstić information content (AvgIpc) is 3.30. The van der Waals surface area contributed by atoms with E-state index in [1.54, 1.807) is 38.1 Å². The van der Waals surface area contributed by atoms with Gasteiger partial charge in [-0.05, 0) is 119 Å². The predicted molar refractivity (Wildman–Crippen MR) is 192 cm³/mol. The van der Waals surface area contributed by atoms with Crippen molar-refractivity contribution in [2.75, 3.05) is 19.8 Å². The minimum Gasteiger partial charge on any atom is -0.489 e. The number of rotatable bonds is 13. The van der Waals surface area contributed by atoms with E-state index in [2.05, 4.69) is 43.6 Å². The van der Waals surface area contributed by atoms with Crippen LogP contribution in [0.2, 0.25) is 0 Å². The van der Waals surface area contributed by atoms with Crippen LogP contribution in [0.4, 0.5) is 5.69 Å². The van der Waals surface area contributed by atoms with E-state index in [0.29, 0.717) is 24.7 Å². The van der Waals surface area contributed by atoms with E-state index in [1.165, 1.54) is 6.07 Å². The Kier molecular flexibility index (Phi) is 10.3. The molecule has 0 amide bonds. The van der Waals surface area contributed by atoms with Crippen LogP contribution >= 0.6 is 7.82 Å². The average molecular weight is 721 g/mol. The molecule has 10 nitrogen and oxygen atoms in total. The molecule has 0 spiro atoms. The Morgan fingerprint density at radius 3 is 2.34 bits per heavy atom. The first-order valence-corrected chi connectivity index (χ1v) is 19.8. The molecule has 264 valence electrons. The fraction of sp³-hybridized carbons (Fsp3) is 0.342. The lowest BCUT2D eigenvalue weighted by atomic mass is 9.81. The maximum absolute atomic E-state index is 12.7. The number of nitrogens with zero attached hydrogens (tertiary/aromatic N) is 1. The van der Waals surface area contributed by atoms with Crippen molar-refractivity contribution in [3.05, 3.63) is 106 Å². The third-order valence-electron chi connectivity index (χ3n) is 9.04. The first-order chi connectivity index (χ1) is 23.8. The SMILES string of the molecule is CCOP(=O)(OCC)Oc1ccc(COc2ccc3c(c2)OC2=C(C=CC4=[N+](CC)c5ccc(S(=O)(=O)O)cc5C4(C)C)CCCC2=C3)cc1. The Morgan fingerprint density at radius 1 is 0.940 bits per heavy atom. The van der Waals surface area contributed by atoms with Crippen molar-refractivity contribution < 1.29 is 45.2 Å². The lowest BCUT2D eigenvalue weighted by molar-refractivity contribution is -0.433. The van der Waals surface area contributed by atoms with Gasteiger partial charge in [0.25, 0.3) is 10.1 Å². The van der Waals surface area contributed by atoms with Gasteiger partial charge in [-0.15, -0.1) is 0 Å². The molecule has 12 heteroatoms. The molecule has 6 rings (SSSR count). The van der Waals surface area contributed by atoms with E-state index < -0.39 is 23.4 Å². The summed E-state index contributed by atoms with van der Waals surface area (Å²) in [7, 11) is -7.99. The van der Waals surface area contributed by atoms with Gasteiger partial charge in [0.2, 0.25) is 5.69 Å². The molecule has 0 saturated carbocycles. The van der Waals surface area contributed by atoms with Crippen LogP contribution in [0.1, 0.15) is 70.6 Å². The fourth-order valence-electron chi connectivity index (χ4n) is 6.62. The van der Waals surface area contributed by atoms with E-state index in [-0.39, 0.29) is 18.1 Å². The van der Waals surface area contributed by atoms with Crippen molar-refractivity contribution in [3.8, 4) is 17.2 Å². The molecule has 3 aromatic carbocycles. The van der Waals surface area contributed by atoms with Crippen molar-refractivity contribution in [1.29, 1.82) is 0 Å². The van der Waals surface area contributed by atoms with Crippen molar-refractivity contribution in [3.63, 3.8) is 0 Å². The lowest BCUT2D eigenvalue weighted by Gasteiger charge is -2.27. The van der Waals surface area contributed by atoms with Gasteiger partial charge in [0.15, 0.2) is 5.71 Å². The normalized spacial score (nSPS) is 16.9. The van der Waals surface area contributed by atoms with Crippen LogP contribution < -0.4 is 14.0 Å². The van der Waals surface area contributed by atoms with E-state index in [9.17, 15) is 17.5 Å². The summed E-state index contributed by atoms with van der Waals surface area (Å²) in [6.07, 6.45) is 9.20. The molecule has 0 atom stereocenters. The summed E-state index contributed by atoms with van der Waals surface area (Å²) in [4.78, 5) is -0.105. The highest BCUT2D eigenvalue weighted by Crippen LogP contribution is 2.49. The van der Waals surface area contributed by atoms with Crippen LogP contribution in [0.15, 0.2) is 94.6 Å². The molecule has 1 N–H and O–H groups in total. The van der Waals surface area contributed by atoms with Gasteiger partial charge >= 0.3 is 7.82 Å². The van der Waals surface area contributed by atoms with Gasteiger partial charge in [-0.25, -0.2) is 4.57 Å². The standard InChI is InChI=1S/C38H42NO9PS/c1-6-39-34-20-19-32(50(41,42)43)24-33(34)38(4,5)36(39)21-15-27-10-9-11-29-22-28-14-18-31(23-35(28)47-37(27)29)44-25-26-12-16-30(17-13-26)48-49(40,45-7-2)46-8-3/h12-24H,6-11,25H2,1-5H3/p+1. The summed E-state index contributed by atoms with van der Waals surface area (Å²) in [5.41, 5.74) is 6.46. The highest BCUT2D eigenvalue weighted by atomic mass is 32.2. The van der Waals surface area contributed by atoms with E-state index >= 15 is 0 Å². The summed E-state index contributed by atoms with van der Waals surface area (Å²) >= 11 is 0. The first-order valence-electron chi connectivity index (χ1n) is 16.9. The minimum atomic E-state index is -4.32. The van der Waals surface area contributed by atoms with Gasteiger partial charge in [0.1, 0.15) is 36.2 Å². The number of hydrogen-bond donors (Lipinski definition) is 1. The third-order valence-corrected chi connectivity index (χ3v) is 11.5. The number of phosphoric ester groups is 1. The smallest absolute Gasteiger partial charge is 0.489 e. The second-order valence-electron chi connectivity index (χ2n) is 12.7. The number of ether oxygens (including phenoxy) is 2. The summed E-state index contributed by atoms with van der Waals surface area (Å²) in [6.45, 7) is 11.1. The van der Waals surface area contributed by atoms with Crippen molar-refractivity contribution in [2.24, 2.45) is 0 Å². The molecule has 3 aliphatic rings. The third kappa shape index (κ3) is 7.38. The molecule has 3 aromatic rings. The molecule has 0 unspecified atom stereocenters. The van der Waals surface area contributed by atoms with Crippen molar-refractivity contribution >= 4 is 35.4 Å². The van der Waals surface area contributed by atoms with E-state index in [1.807, 2.05) is 30.3 Å². The van der Waals surface area contributed by atoms with E-state index in [4.69, 9.17) is 23.0 Å². The quantitative estimate of drug-likeness (QED) is 0.105. The van der Waals surface area contributed by atoms with Crippen LogP contribution in [0.25, 0.3) is 6.08 Å². The van der Waals surface area contributed by atoms with Gasteiger partial charge in [0.05, 0.1) is 23.5 Å². The summed E-state index contributed by atoms with van der Waals surface area (Å²) in [6, 6.07) is 17.7. The molecule has 0 saturated heterocycles. The first kappa shape index (κ1) is 35.8. The summed E-state index contributed by atoms with van der Waals surface area (Å²) in [5.74, 6) is 2.61. The van der Waals surface area contributed by atoms with Crippen LogP contribution in [0.5, 0.6) is 17.2 Å². The zero-order valence-corrected chi connectivity index (χ0v) is 30.7. The Labute approximate surface area is 294 Å². The number of benzene rings is 3. The molecule has 2 aliphatic heterocycles. The largest absolute Gasteiger partial charge is 0.530 e. The second kappa shape index (κ2) is 14.3. The fourth-order valence-corrected chi connectivity index (χ4v) is 8.32. The van der Waals surface area contributed by atoms with Crippen LogP contribution in [-0.4, -0.2) is 43.0 Å². The molecule has 0 radical (unpaired) electrons. The van der Waals surface area contributed by atoms with Gasteiger partial charge in [-0.2, -0.15) is 13.0 Å². The summed E-state index contributed by atoms with van der Waals surface area (Å²) in [5, 5.41) is 0. The van der Waals surface area contributed by atoms with Gasteiger partial charge in [-0.1, -0.05) is 12.1 Å². The maximum Gasteiger partial charge on any atom is 0.530 e. The highest BCUT2D eigenvalue weighted by molar-refractivity contribution is 7.85. The van der Waals surface area contributed by atoms with Crippen LogP contribution in [-0.2, 0) is 35.8 Å². The molecular weight excluding hydrogens is 677 g/mol. The monoisotopic (exact) mass is 720 g/mol. The van der Waals surface area contributed by atoms with Crippen LogP contribution in [0, 0.1) is 0 Å².